The number of carbonyl (C=O) groups is 1. The van der Waals surface area contributed by atoms with Crippen molar-refractivity contribution in [1.29, 1.82) is 0 Å². The van der Waals surface area contributed by atoms with Crippen LogP contribution in [0.5, 0.6) is 0 Å². The molecule has 98 valence electrons. The number of carbonyl (C=O) groups excluding carboxylic acids is 1. The average Bonchev–Trinajstić information content (AvgIpc) is 2.32. The average molecular weight is 239 g/mol. The van der Waals surface area contributed by atoms with Crippen LogP contribution in [0.4, 0.5) is 0 Å². The lowest BCUT2D eigenvalue weighted by Gasteiger charge is -2.46. The van der Waals surface area contributed by atoms with Crippen LogP contribution in [0.3, 0.4) is 0 Å². The molecular formula is C14H25NO2. The van der Waals surface area contributed by atoms with E-state index in [2.05, 4.69) is 0 Å². The number of amides is 1. The lowest BCUT2D eigenvalue weighted by atomic mass is 9.80. The highest BCUT2D eigenvalue weighted by Crippen LogP contribution is 2.34. The molecular weight excluding hydrogens is 214 g/mol. The molecule has 1 saturated carbocycles. The van der Waals surface area contributed by atoms with Crippen molar-refractivity contribution in [2.75, 3.05) is 6.73 Å². The van der Waals surface area contributed by atoms with Crippen molar-refractivity contribution in [3.05, 3.63) is 0 Å². The highest BCUT2D eigenvalue weighted by Gasteiger charge is 2.45. The first kappa shape index (κ1) is 12.9. The monoisotopic (exact) mass is 239 g/mol. The molecule has 0 aromatic carbocycles. The van der Waals surface area contributed by atoms with Crippen LogP contribution in [-0.2, 0) is 4.79 Å². The molecule has 1 amide bonds. The number of hydrogen-bond donors (Lipinski definition) is 1. The summed E-state index contributed by atoms with van der Waals surface area (Å²) in [6.45, 7) is -0.0833. The first-order valence-corrected chi connectivity index (χ1v) is 7.26. The van der Waals surface area contributed by atoms with Crippen molar-refractivity contribution in [2.45, 2.75) is 70.3 Å². The molecule has 2 aliphatic rings. The minimum absolute atomic E-state index is 0.0833. The second-order valence-corrected chi connectivity index (χ2v) is 5.53. The number of fused-ring (bicyclic) bond motifs is 1. The normalized spacial score (nSPS) is 32.1. The van der Waals surface area contributed by atoms with E-state index in [0.717, 1.165) is 12.8 Å². The van der Waals surface area contributed by atoms with Crippen molar-refractivity contribution in [1.82, 2.24) is 4.90 Å². The third-order valence-electron chi connectivity index (χ3n) is 4.38. The van der Waals surface area contributed by atoms with Crippen molar-refractivity contribution < 1.29 is 9.90 Å². The van der Waals surface area contributed by atoms with Gasteiger partial charge in [-0.2, -0.15) is 0 Å². The van der Waals surface area contributed by atoms with Crippen LogP contribution in [0, 0.1) is 5.92 Å². The lowest BCUT2D eigenvalue weighted by molar-refractivity contribution is -0.164. The van der Waals surface area contributed by atoms with E-state index < -0.39 is 0 Å². The fourth-order valence-electron chi connectivity index (χ4n) is 3.30. The topological polar surface area (TPSA) is 40.5 Å². The summed E-state index contributed by atoms with van der Waals surface area (Å²) in [6, 6.07) is 0.340. The summed E-state index contributed by atoms with van der Waals surface area (Å²) in [4.78, 5) is 13.5. The van der Waals surface area contributed by atoms with E-state index in [0.29, 0.717) is 6.04 Å². The zero-order valence-electron chi connectivity index (χ0n) is 10.7. The van der Waals surface area contributed by atoms with Gasteiger partial charge in [0.1, 0.15) is 6.73 Å². The van der Waals surface area contributed by atoms with Gasteiger partial charge in [0.05, 0.1) is 5.92 Å². The van der Waals surface area contributed by atoms with Gasteiger partial charge in [0.25, 0.3) is 0 Å². The van der Waals surface area contributed by atoms with Gasteiger partial charge in [-0.1, -0.05) is 51.4 Å². The molecule has 0 aromatic rings. The van der Waals surface area contributed by atoms with Gasteiger partial charge in [-0.05, 0) is 12.8 Å². The van der Waals surface area contributed by atoms with Crippen LogP contribution in [0.2, 0.25) is 0 Å². The fraction of sp³-hybridized carbons (Fsp3) is 0.929. The van der Waals surface area contributed by atoms with Crippen molar-refractivity contribution in [3.8, 4) is 0 Å². The quantitative estimate of drug-likeness (QED) is 0.715. The van der Waals surface area contributed by atoms with Crippen molar-refractivity contribution in [3.63, 3.8) is 0 Å². The number of aliphatic hydroxyl groups is 1. The molecule has 1 aliphatic carbocycles. The Morgan fingerprint density at radius 3 is 2.06 bits per heavy atom. The third kappa shape index (κ3) is 3.01. The summed E-state index contributed by atoms with van der Waals surface area (Å²) in [5.74, 6) is 0.413. The summed E-state index contributed by atoms with van der Waals surface area (Å²) in [5, 5.41) is 9.19. The van der Waals surface area contributed by atoms with Crippen LogP contribution in [-0.4, -0.2) is 28.7 Å². The van der Waals surface area contributed by atoms with E-state index in [1.54, 1.807) is 4.90 Å². The molecule has 2 atom stereocenters. The second-order valence-electron chi connectivity index (χ2n) is 5.53. The zero-order chi connectivity index (χ0) is 12.1. The van der Waals surface area contributed by atoms with E-state index in [4.69, 9.17) is 0 Å². The Morgan fingerprint density at radius 2 is 1.47 bits per heavy atom. The van der Waals surface area contributed by atoms with Crippen LogP contribution < -0.4 is 0 Å². The number of β-lactam (4-membered cyclic amide) rings is 1. The van der Waals surface area contributed by atoms with Gasteiger partial charge in [-0.3, -0.25) is 4.79 Å². The molecule has 2 fully saturated rings. The summed E-state index contributed by atoms with van der Waals surface area (Å²) >= 11 is 0. The molecule has 2 rings (SSSR count). The fourth-order valence-corrected chi connectivity index (χ4v) is 3.30. The summed E-state index contributed by atoms with van der Waals surface area (Å²) in [5.41, 5.74) is 0. The minimum atomic E-state index is -0.0833. The predicted molar refractivity (Wildman–Crippen MR) is 67.4 cm³/mol. The van der Waals surface area contributed by atoms with E-state index in [9.17, 15) is 9.90 Å². The number of nitrogens with zero attached hydrogens (tertiary/aromatic N) is 1. The van der Waals surface area contributed by atoms with Gasteiger partial charge in [0.15, 0.2) is 0 Å². The lowest BCUT2D eigenvalue weighted by Crippen LogP contribution is -2.60. The Bertz CT molecular complexity index is 255. The Balaban J connectivity index is 1.87. The Kier molecular flexibility index (Phi) is 4.84. The summed E-state index contributed by atoms with van der Waals surface area (Å²) in [6.07, 6.45) is 12.5. The van der Waals surface area contributed by atoms with Crippen LogP contribution in [0.25, 0.3) is 0 Å². The first-order valence-electron chi connectivity index (χ1n) is 7.26. The maximum Gasteiger partial charge on any atom is 0.229 e. The molecule has 3 heteroatoms. The van der Waals surface area contributed by atoms with Crippen LogP contribution in [0.15, 0.2) is 0 Å². The molecule has 1 N–H and O–H groups in total. The van der Waals surface area contributed by atoms with Gasteiger partial charge in [-0.15, -0.1) is 0 Å². The molecule has 0 unspecified atom stereocenters. The van der Waals surface area contributed by atoms with Crippen molar-refractivity contribution in [2.24, 2.45) is 5.92 Å². The van der Waals surface area contributed by atoms with Gasteiger partial charge in [-0.25, -0.2) is 0 Å². The molecule has 0 spiro atoms. The number of hydrogen-bond acceptors (Lipinski definition) is 2. The largest absolute Gasteiger partial charge is 0.376 e. The van der Waals surface area contributed by atoms with E-state index in [1.807, 2.05) is 0 Å². The molecule has 1 aliphatic heterocycles. The molecule has 0 bridgehead atoms. The summed E-state index contributed by atoms with van der Waals surface area (Å²) < 4.78 is 0. The molecule has 1 heterocycles. The minimum Gasteiger partial charge on any atom is -0.376 e. The summed E-state index contributed by atoms with van der Waals surface area (Å²) in [7, 11) is 0. The zero-order valence-corrected chi connectivity index (χ0v) is 10.7. The van der Waals surface area contributed by atoms with E-state index >= 15 is 0 Å². The Morgan fingerprint density at radius 1 is 0.941 bits per heavy atom. The van der Waals surface area contributed by atoms with Crippen LogP contribution in [0.1, 0.15) is 64.2 Å². The van der Waals surface area contributed by atoms with E-state index in [1.165, 1.54) is 51.4 Å². The number of rotatable bonds is 1. The van der Waals surface area contributed by atoms with Gasteiger partial charge in [0.2, 0.25) is 5.91 Å². The Labute approximate surface area is 104 Å². The van der Waals surface area contributed by atoms with E-state index in [-0.39, 0.29) is 18.6 Å². The SMILES string of the molecule is O=C1[C@H]2CCCCCCCCCC[C@H]2N1CO. The molecule has 3 nitrogen and oxygen atoms in total. The smallest absolute Gasteiger partial charge is 0.229 e. The predicted octanol–water partition coefficient (Wildman–Crippen LogP) is 2.68. The Hall–Kier alpha value is -0.570. The maximum absolute atomic E-state index is 11.8. The van der Waals surface area contributed by atoms with Gasteiger partial charge < -0.3 is 10.0 Å². The molecule has 1 saturated heterocycles. The number of aliphatic hydroxyl groups excluding tert-OH is 1. The molecule has 0 radical (unpaired) electrons. The first-order chi connectivity index (χ1) is 8.34. The maximum atomic E-state index is 11.8. The standard InChI is InChI=1S/C14H25NO2/c16-11-15-13-10-8-6-4-2-1-3-5-7-9-12(13)14(15)17/h12-13,16H,1-11H2/t12-,13+/m0/s1. The van der Waals surface area contributed by atoms with Crippen molar-refractivity contribution >= 4 is 5.91 Å². The second kappa shape index (κ2) is 6.39. The molecule has 0 aromatic heterocycles. The van der Waals surface area contributed by atoms with Gasteiger partial charge in [0, 0.05) is 6.04 Å². The highest BCUT2D eigenvalue weighted by atomic mass is 16.3. The molecule has 17 heavy (non-hydrogen) atoms. The highest BCUT2D eigenvalue weighted by molar-refractivity contribution is 5.85. The number of likely N-dealkylation sites (tertiary alicyclic amines) is 1. The third-order valence-corrected chi connectivity index (χ3v) is 4.38. The van der Waals surface area contributed by atoms with Gasteiger partial charge >= 0.3 is 0 Å². The van der Waals surface area contributed by atoms with Crippen LogP contribution >= 0.6 is 0 Å².